The second-order valence-corrected chi connectivity index (χ2v) is 7.91. The fraction of sp³-hybridized carbons (Fsp3) is 0.348. The van der Waals surface area contributed by atoms with E-state index in [9.17, 15) is 19.5 Å². The van der Waals surface area contributed by atoms with E-state index in [1.807, 2.05) is 30.3 Å². The van der Waals surface area contributed by atoms with E-state index in [4.69, 9.17) is 21.1 Å². The predicted octanol–water partition coefficient (Wildman–Crippen LogP) is 3.41. The van der Waals surface area contributed by atoms with Gasteiger partial charge in [0.2, 0.25) is 5.91 Å². The van der Waals surface area contributed by atoms with Crippen molar-refractivity contribution >= 4 is 29.6 Å². The maximum absolute atomic E-state index is 12.8. The zero-order chi connectivity index (χ0) is 23.7. The Morgan fingerprint density at radius 2 is 1.72 bits per heavy atom. The van der Waals surface area contributed by atoms with Gasteiger partial charge in [0.15, 0.2) is 0 Å². The smallest absolute Gasteiger partial charge is 0.408 e. The van der Waals surface area contributed by atoms with Gasteiger partial charge in [-0.2, -0.15) is 0 Å². The fourth-order valence-corrected chi connectivity index (χ4v) is 3.24. The molecule has 0 radical (unpaired) electrons. The minimum atomic E-state index is -1.21. The molecule has 0 unspecified atom stereocenters. The normalized spacial score (nSPS) is 12.5. The Kier molecular flexibility index (Phi) is 9.34. The SMILES string of the molecule is COc1ccc(C[C@@H](NC(=O)[C@@H](NC(=O)OCc2ccccc2)C(C)C)C(=O)O)cc1Cl. The van der Waals surface area contributed by atoms with E-state index in [0.29, 0.717) is 16.3 Å². The van der Waals surface area contributed by atoms with Crippen LogP contribution in [0.25, 0.3) is 0 Å². The molecule has 8 nitrogen and oxygen atoms in total. The number of methoxy groups -OCH3 is 1. The Balaban J connectivity index is 2.01. The molecular formula is C23H27ClN2O6. The van der Waals surface area contributed by atoms with Crippen LogP contribution in [0.3, 0.4) is 0 Å². The second-order valence-electron chi connectivity index (χ2n) is 7.50. The lowest BCUT2D eigenvalue weighted by Gasteiger charge is -2.24. The van der Waals surface area contributed by atoms with Gasteiger partial charge in [-0.05, 0) is 29.2 Å². The number of amides is 2. The maximum Gasteiger partial charge on any atom is 0.408 e. The lowest BCUT2D eigenvalue weighted by atomic mass is 10.0. The molecule has 0 aliphatic rings. The zero-order valence-electron chi connectivity index (χ0n) is 18.1. The third kappa shape index (κ3) is 7.46. The molecule has 172 valence electrons. The van der Waals surface area contributed by atoms with Gasteiger partial charge in [0.05, 0.1) is 12.1 Å². The summed E-state index contributed by atoms with van der Waals surface area (Å²) in [6.45, 7) is 3.52. The second kappa shape index (κ2) is 12.0. The summed E-state index contributed by atoms with van der Waals surface area (Å²) in [5, 5.41) is 14.9. The zero-order valence-corrected chi connectivity index (χ0v) is 18.9. The Hall–Kier alpha value is -3.26. The molecule has 0 spiro atoms. The molecule has 2 aromatic carbocycles. The molecular weight excluding hydrogens is 436 g/mol. The van der Waals surface area contributed by atoms with Crippen LogP contribution in [0.2, 0.25) is 5.02 Å². The van der Waals surface area contributed by atoms with E-state index in [1.54, 1.807) is 32.0 Å². The summed E-state index contributed by atoms with van der Waals surface area (Å²) in [4.78, 5) is 36.7. The summed E-state index contributed by atoms with van der Waals surface area (Å²) in [5.41, 5.74) is 1.41. The minimum Gasteiger partial charge on any atom is -0.495 e. The van der Waals surface area contributed by atoms with Crippen LogP contribution in [0.15, 0.2) is 48.5 Å². The van der Waals surface area contributed by atoms with E-state index < -0.39 is 30.1 Å². The lowest BCUT2D eigenvalue weighted by Crippen LogP contribution is -2.54. The van der Waals surface area contributed by atoms with Crippen LogP contribution in [-0.4, -0.2) is 42.3 Å². The molecule has 9 heteroatoms. The van der Waals surface area contributed by atoms with Gasteiger partial charge in [0.1, 0.15) is 24.4 Å². The Bertz CT molecular complexity index is 935. The van der Waals surface area contributed by atoms with Crippen LogP contribution in [0, 0.1) is 5.92 Å². The van der Waals surface area contributed by atoms with Crippen LogP contribution in [0.1, 0.15) is 25.0 Å². The topological polar surface area (TPSA) is 114 Å². The van der Waals surface area contributed by atoms with Gasteiger partial charge in [-0.3, -0.25) is 4.79 Å². The highest BCUT2D eigenvalue weighted by Crippen LogP contribution is 2.25. The number of rotatable bonds is 10. The van der Waals surface area contributed by atoms with Gasteiger partial charge in [0, 0.05) is 6.42 Å². The van der Waals surface area contributed by atoms with Crippen molar-refractivity contribution in [1.29, 1.82) is 0 Å². The molecule has 0 saturated heterocycles. The molecule has 32 heavy (non-hydrogen) atoms. The van der Waals surface area contributed by atoms with E-state index in [-0.39, 0.29) is 18.9 Å². The number of carboxylic acids is 1. The van der Waals surface area contributed by atoms with Crippen LogP contribution in [0.5, 0.6) is 5.75 Å². The average Bonchev–Trinajstić information content (AvgIpc) is 2.76. The van der Waals surface area contributed by atoms with Gasteiger partial charge in [-0.15, -0.1) is 0 Å². The van der Waals surface area contributed by atoms with Crippen molar-refractivity contribution in [3.63, 3.8) is 0 Å². The molecule has 0 aromatic heterocycles. The van der Waals surface area contributed by atoms with Gasteiger partial charge < -0.3 is 25.2 Å². The highest BCUT2D eigenvalue weighted by molar-refractivity contribution is 6.32. The van der Waals surface area contributed by atoms with Crippen molar-refractivity contribution in [2.45, 2.75) is 39.0 Å². The molecule has 0 aliphatic carbocycles. The van der Waals surface area contributed by atoms with Gasteiger partial charge in [-0.25, -0.2) is 9.59 Å². The Labute approximate surface area is 191 Å². The highest BCUT2D eigenvalue weighted by atomic mass is 35.5. The molecule has 2 amide bonds. The fourth-order valence-electron chi connectivity index (χ4n) is 2.96. The Morgan fingerprint density at radius 3 is 2.28 bits per heavy atom. The third-order valence-corrected chi connectivity index (χ3v) is 5.00. The Morgan fingerprint density at radius 1 is 1.03 bits per heavy atom. The van der Waals surface area contributed by atoms with Crippen molar-refractivity contribution in [1.82, 2.24) is 10.6 Å². The third-order valence-electron chi connectivity index (χ3n) is 4.71. The van der Waals surface area contributed by atoms with Gasteiger partial charge in [-0.1, -0.05) is 61.8 Å². The first-order chi connectivity index (χ1) is 15.2. The standard InChI is InChI=1S/C23H27ClN2O6/c1-14(2)20(26-23(30)32-13-15-7-5-4-6-8-15)21(27)25-18(22(28)29)12-16-9-10-19(31-3)17(24)11-16/h4-11,14,18,20H,12-13H2,1-3H3,(H,25,27)(H,26,30)(H,28,29)/t18-,20+/m1/s1. The number of nitrogens with one attached hydrogen (secondary N) is 2. The number of aliphatic carboxylic acids is 1. The number of carbonyl (C=O) groups is 3. The van der Waals surface area contributed by atoms with Crippen LogP contribution in [-0.2, 0) is 27.4 Å². The number of hydrogen-bond acceptors (Lipinski definition) is 5. The molecule has 0 saturated carbocycles. The van der Waals surface area contributed by atoms with Gasteiger partial charge in [0.25, 0.3) is 0 Å². The molecule has 0 aliphatic heterocycles. The molecule has 0 fully saturated rings. The van der Waals surface area contributed by atoms with E-state index in [2.05, 4.69) is 10.6 Å². The number of alkyl carbamates (subject to hydrolysis) is 1. The largest absolute Gasteiger partial charge is 0.495 e. The first kappa shape index (κ1) is 25.0. The summed E-state index contributed by atoms with van der Waals surface area (Å²) in [6.07, 6.45) is -0.759. The number of benzene rings is 2. The maximum atomic E-state index is 12.8. The van der Waals surface area contributed by atoms with Crippen molar-refractivity contribution in [2.75, 3.05) is 7.11 Å². The first-order valence-corrected chi connectivity index (χ1v) is 10.4. The van der Waals surface area contributed by atoms with Crippen molar-refractivity contribution in [3.05, 3.63) is 64.7 Å². The molecule has 2 aromatic rings. The summed E-state index contributed by atoms with van der Waals surface area (Å²) in [6, 6.07) is 11.8. The molecule has 0 bridgehead atoms. The number of ether oxygens (including phenoxy) is 2. The monoisotopic (exact) mass is 462 g/mol. The van der Waals surface area contributed by atoms with E-state index in [1.165, 1.54) is 7.11 Å². The molecule has 3 N–H and O–H groups in total. The summed E-state index contributed by atoms with van der Waals surface area (Å²) >= 11 is 6.10. The van der Waals surface area contributed by atoms with E-state index >= 15 is 0 Å². The summed E-state index contributed by atoms with van der Waals surface area (Å²) in [5.74, 6) is -1.67. The summed E-state index contributed by atoms with van der Waals surface area (Å²) < 4.78 is 10.3. The molecule has 2 atom stereocenters. The summed E-state index contributed by atoms with van der Waals surface area (Å²) in [7, 11) is 1.48. The van der Waals surface area contributed by atoms with Crippen LogP contribution < -0.4 is 15.4 Å². The highest BCUT2D eigenvalue weighted by Gasteiger charge is 2.29. The number of carboxylic acid groups (broad SMARTS) is 1. The van der Waals surface area contributed by atoms with Crippen molar-refractivity contribution < 1.29 is 29.0 Å². The minimum absolute atomic E-state index is 0.00799. The molecule has 0 heterocycles. The quantitative estimate of drug-likeness (QED) is 0.498. The van der Waals surface area contributed by atoms with Gasteiger partial charge >= 0.3 is 12.1 Å². The first-order valence-electron chi connectivity index (χ1n) is 10.0. The van der Waals surface area contributed by atoms with E-state index in [0.717, 1.165) is 5.56 Å². The number of carbonyl (C=O) groups excluding carboxylic acids is 2. The average molecular weight is 463 g/mol. The number of halogens is 1. The predicted molar refractivity (Wildman–Crippen MR) is 120 cm³/mol. The van der Waals surface area contributed by atoms with Crippen LogP contribution in [0.4, 0.5) is 4.79 Å². The molecule has 2 rings (SSSR count). The number of hydrogen-bond donors (Lipinski definition) is 3. The lowest BCUT2D eigenvalue weighted by molar-refractivity contribution is -0.142. The van der Waals surface area contributed by atoms with Crippen molar-refractivity contribution in [2.24, 2.45) is 5.92 Å². The van der Waals surface area contributed by atoms with Crippen LogP contribution >= 0.6 is 11.6 Å². The van der Waals surface area contributed by atoms with Crippen molar-refractivity contribution in [3.8, 4) is 5.75 Å².